The average Bonchev–Trinajstić information content (AvgIpc) is 3.31. The first-order valence-corrected chi connectivity index (χ1v) is 10.9. The molecule has 2 aromatic rings. The Bertz CT molecular complexity index is 768. The molecule has 2 fully saturated rings. The molecule has 1 aromatic carbocycles. The largest absolute Gasteiger partial charge is 0.372 e. The van der Waals surface area contributed by atoms with Crippen molar-refractivity contribution in [1.29, 1.82) is 0 Å². The van der Waals surface area contributed by atoms with E-state index in [2.05, 4.69) is 66.5 Å². The van der Waals surface area contributed by atoms with E-state index in [0.717, 1.165) is 50.2 Å². The second-order valence-electron chi connectivity index (χ2n) is 8.37. The van der Waals surface area contributed by atoms with Crippen LogP contribution in [0.25, 0.3) is 0 Å². The molecule has 0 bridgehead atoms. The Kier molecular flexibility index (Phi) is 6.32. The van der Waals surface area contributed by atoms with Gasteiger partial charge in [0, 0.05) is 51.4 Å². The standard InChI is InChI=1S/C22H33N7/c1-17-7-11-28(12-8-17)20-5-3-18(4-6-20)15-24-22(23-2)29-13-9-19(10-14-29)21-25-16-26-27-21/h3-6,16-17,19H,7-15H2,1-2H3,(H,23,24)(H,25,26,27). The number of anilines is 1. The predicted molar refractivity (Wildman–Crippen MR) is 117 cm³/mol. The summed E-state index contributed by atoms with van der Waals surface area (Å²) in [5.41, 5.74) is 2.64. The van der Waals surface area contributed by atoms with Gasteiger partial charge < -0.3 is 15.1 Å². The number of H-pyrrole nitrogens is 1. The molecule has 0 spiro atoms. The van der Waals surface area contributed by atoms with Gasteiger partial charge in [-0.3, -0.25) is 10.1 Å². The summed E-state index contributed by atoms with van der Waals surface area (Å²) >= 11 is 0. The number of rotatable bonds is 4. The van der Waals surface area contributed by atoms with Gasteiger partial charge in [-0.2, -0.15) is 5.10 Å². The minimum absolute atomic E-state index is 0.470. The Morgan fingerprint density at radius 1 is 1.10 bits per heavy atom. The van der Waals surface area contributed by atoms with Crippen LogP contribution in [0.2, 0.25) is 0 Å². The molecular weight excluding hydrogens is 362 g/mol. The lowest BCUT2D eigenvalue weighted by atomic mass is 9.96. The predicted octanol–water partition coefficient (Wildman–Crippen LogP) is 3.00. The van der Waals surface area contributed by atoms with Gasteiger partial charge in [-0.1, -0.05) is 19.1 Å². The molecule has 0 unspecified atom stereocenters. The van der Waals surface area contributed by atoms with Crippen LogP contribution in [-0.2, 0) is 6.54 Å². The molecular formula is C22H33N7. The van der Waals surface area contributed by atoms with Gasteiger partial charge in [0.2, 0.25) is 0 Å². The summed E-state index contributed by atoms with van der Waals surface area (Å²) in [6.07, 6.45) is 6.33. The summed E-state index contributed by atoms with van der Waals surface area (Å²) in [6, 6.07) is 9.00. The molecule has 2 aliphatic heterocycles. The highest BCUT2D eigenvalue weighted by Crippen LogP contribution is 2.25. The van der Waals surface area contributed by atoms with Crippen molar-refractivity contribution in [2.75, 3.05) is 38.1 Å². The summed E-state index contributed by atoms with van der Waals surface area (Å²) < 4.78 is 0. The number of aromatic nitrogens is 3. The van der Waals surface area contributed by atoms with Crippen molar-refractivity contribution in [3.63, 3.8) is 0 Å². The molecule has 2 aliphatic rings. The van der Waals surface area contributed by atoms with Crippen molar-refractivity contribution in [1.82, 2.24) is 25.4 Å². The summed E-state index contributed by atoms with van der Waals surface area (Å²) in [4.78, 5) is 13.7. The van der Waals surface area contributed by atoms with Gasteiger partial charge in [0.1, 0.15) is 12.2 Å². The van der Waals surface area contributed by atoms with Crippen LogP contribution in [0.4, 0.5) is 5.69 Å². The number of guanidine groups is 1. The molecule has 156 valence electrons. The Morgan fingerprint density at radius 3 is 2.45 bits per heavy atom. The number of aliphatic imine (C=N–C) groups is 1. The van der Waals surface area contributed by atoms with Crippen LogP contribution in [0.5, 0.6) is 0 Å². The minimum Gasteiger partial charge on any atom is -0.372 e. The van der Waals surface area contributed by atoms with Crippen molar-refractivity contribution < 1.29 is 0 Å². The highest BCUT2D eigenvalue weighted by molar-refractivity contribution is 5.80. The number of piperidine rings is 2. The van der Waals surface area contributed by atoms with Crippen LogP contribution in [0.15, 0.2) is 35.6 Å². The number of aromatic amines is 1. The van der Waals surface area contributed by atoms with E-state index in [-0.39, 0.29) is 0 Å². The van der Waals surface area contributed by atoms with Crippen molar-refractivity contribution in [2.45, 2.75) is 45.1 Å². The molecule has 7 nitrogen and oxygen atoms in total. The first-order chi connectivity index (χ1) is 14.2. The van der Waals surface area contributed by atoms with Crippen LogP contribution in [0.1, 0.15) is 49.9 Å². The maximum atomic E-state index is 4.50. The van der Waals surface area contributed by atoms with E-state index in [1.165, 1.54) is 37.2 Å². The summed E-state index contributed by atoms with van der Waals surface area (Å²) in [7, 11) is 1.87. The molecule has 3 heterocycles. The molecule has 0 aliphatic carbocycles. The summed E-state index contributed by atoms with van der Waals surface area (Å²) in [6.45, 7) is 7.47. The Hall–Kier alpha value is -2.57. The van der Waals surface area contributed by atoms with Gasteiger partial charge in [0.15, 0.2) is 5.96 Å². The van der Waals surface area contributed by atoms with E-state index < -0.39 is 0 Å². The van der Waals surface area contributed by atoms with Crippen molar-refractivity contribution in [3.05, 3.63) is 42.0 Å². The smallest absolute Gasteiger partial charge is 0.193 e. The maximum absolute atomic E-state index is 4.50. The molecule has 2 saturated heterocycles. The van der Waals surface area contributed by atoms with E-state index >= 15 is 0 Å². The summed E-state index contributed by atoms with van der Waals surface area (Å²) in [5, 5.41) is 10.5. The summed E-state index contributed by atoms with van der Waals surface area (Å²) in [5.74, 6) is 3.32. The topological polar surface area (TPSA) is 72.4 Å². The first kappa shape index (κ1) is 19.7. The normalized spacial score (nSPS) is 19.6. The van der Waals surface area contributed by atoms with Gasteiger partial charge in [-0.15, -0.1) is 0 Å². The molecule has 4 rings (SSSR count). The average molecular weight is 396 g/mol. The molecule has 7 heteroatoms. The second kappa shape index (κ2) is 9.29. The number of hydrogen-bond donors (Lipinski definition) is 2. The zero-order chi connectivity index (χ0) is 20.1. The van der Waals surface area contributed by atoms with Crippen molar-refractivity contribution in [3.8, 4) is 0 Å². The number of benzene rings is 1. The number of nitrogens with zero attached hydrogens (tertiary/aromatic N) is 5. The van der Waals surface area contributed by atoms with E-state index in [1.807, 2.05) is 7.05 Å². The third kappa shape index (κ3) is 4.89. The zero-order valence-electron chi connectivity index (χ0n) is 17.6. The van der Waals surface area contributed by atoms with Crippen LogP contribution < -0.4 is 10.2 Å². The lowest BCUT2D eigenvalue weighted by Gasteiger charge is -2.33. The van der Waals surface area contributed by atoms with Crippen LogP contribution in [-0.4, -0.2) is 59.3 Å². The molecule has 0 amide bonds. The Labute approximate surface area is 173 Å². The van der Waals surface area contributed by atoms with Gasteiger partial charge in [-0.05, 0) is 49.3 Å². The second-order valence-corrected chi connectivity index (χ2v) is 8.37. The molecule has 0 saturated carbocycles. The third-order valence-corrected chi connectivity index (χ3v) is 6.36. The molecule has 0 radical (unpaired) electrons. The van der Waals surface area contributed by atoms with E-state index in [0.29, 0.717) is 5.92 Å². The third-order valence-electron chi connectivity index (χ3n) is 6.36. The van der Waals surface area contributed by atoms with E-state index in [9.17, 15) is 0 Å². The lowest BCUT2D eigenvalue weighted by molar-refractivity contribution is 0.299. The molecule has 0 atom stereocenters. The van der Waals surface area contributed by atoms with Crippen LogP contribution in [0.3, 0.4) is 0 Å². The fraction of sp³-hybridized carbons (Fsp3) is 0.591. The molecule has 1 aromatic heterocycles. The number of hydrogen-bond acceptors (Lipinski definition) is 4. The molecule has 2 N–H and O–H groups in total. The molecule has 29 heavy (non-hydrogen) atoms. The number of nitrogens with one attached hydrogen (secondary N) is 2. The van der Waals surface area contributed by atoms with Crippen LogP contribution >= 0.6 is 0 Å². The van der Waals surface area contributed by atoms with Crippen molar-refractivity contribution in [2.24, 2.45) is 10.9 Å². The fourth-order valence-electron chi connectivity index (χ4n) is 4.38. The van der Waals surface area contributed by atoms with Gasteiger partial charge in [0.25, 0.3) is 0 Å². The Balaban J connectivity index is 1.26. The SMILES string of the molecule is CN=C(NCc1ccc(N2CCC(C)CC2)cc1)N1CCC(c2ncn[nH]2)CC1. The van der Waals surface area contributed by atoms with Crippen molar-refractivity contribution >= 4 is 11.6 Å². The fourth-order valence-corrected chi connectivity index (χ4v) is 4.38. The maximum Gasteiger partial charge on any atom is 0.193 e. The van der Waals surface area contributed by atoms with E-state index in [4.69, 9.17) is 0 Å². The van der Waals surface area contributed by atoms with Gasteiger partial charge >= 0.3 is 0 Å². The highest BCUT2D eigenvalue weighted by Gasteiger charge is 2.24. The number of likely N-dealkylation sites (tertiary alicyclic amines) is 1. The van der Waals surface area contributed by atoms with Gasteiger partial charge in [-0.25, -0.2) is 4.98 Å². The minimum atomic E-state index is 0.470. The van der Waals surface area contributed by atoms with Gasteiger partial charge in [0.05, 0.1) is 0 Å². The monoisotopic (exact) mass is 395 g/mol. The first-order valence-electron chi connectivity index (χ1n) is 10.9. The Morgan fingerprint density at radius 2 is 1.83 bits per heavy atom. The zero-order valence-corrected chi connectivity index (χ0v) is 17.6. The lowest BCUT2D eigenvalue weighted by Crippen LogP contribution is -2.45. The van der Waals surface area contributed by atoms with E-state index in [1.54, 1.807) is 6.33 Å². The highest BCUT2D eigenvalue weighted by atomic mass is 15.3. The van der Waals surface area contributed by atoms with Crippen LogP contribution in [0, 0.1) is 5.92 Å². The quantitative estimate of drug-likeness (QED) is 0.615.